The fourth-order valence-electron chi connectivity index (χ4n) is 2.61. The molecule has 2 nitrogen and oxygen atoms in total. The fourth-order valence-corrected chi connectivity index (χ4v) is 2.80. The third kappa shape index (κ3) is 3.42. The molecular weight excluding hydrogens is 292 g/mol. The van der Waals surface area contributed by atoms with Crippen molar-refractivity contribution in [2.24, 2.45) is 5.92 Å². The summed E-state index contributed by atoms with van der Waals surface area (Å²) in [6.45, 7) is 0.684. The van der Waals surface area contributed by atoms with E-state index in [9.17, 15) is 4.79 Å². The van der Waals surface area contributed by atoms with E-state index in [1.54, 1.807) is 0 Å². The first kappa shape index (κ1) is 13.8. The summed E-state index contributed by atoms with van der Waals surface area (Å²) < 4.78 is 5.82. The number of benzene rings is 1. The molecule has 1 saturated carbocycles. The number of Topliss-reactive ketones (excluding diaryl/α,β-unsaturated/α-hetero) is 1. The molecule has 98 valence electrons. The molecule has 1 fully saturated rings. The Morgan fingerprint density at radius 1 is 1.22 bits per heavy atom. The van der Waals surface area contributed by atoms with Crippen LogP contribution >= 0.6 is 15.9 Å². The maximum absolute atomic E-state index is 12.5. The molecule has 0 radical (unpaired) electrons. The Kier molecular flexibility index (Phi) is 5.39. The summed E-state index contributed by atoms with van der Waals surface area (Å²) in [5, 5.41) is 0.829. The first-order chi connectivity index (χ1) is 8.83. The lowest BCUT2D eigenvalue weighted by Gasteiger charge is -2.30. The Labute approximate surface area is 117 Å². The van der Waals surface area contributed by atoms with Gasteiger partial charge in [0.05, 0.1) is 12.7 Å². The molecule has 0 spiro atoms. The van der Waals surface area contributed by atoms with Gasteiger partial charge in [-0.3, -0.25) is 4.79 Å². The molecule has 0 N–H and O–H groups in total. The molecule has 3 heteroatoms. The maximum Gasteiger partial charge on any atom is 0.168 e. The number of hydrogen-bond acceptors (Lipinski definition) is 2. The first-order valence-corrected chi connectivity index (χ1v) is 7.72. The standard InChI is InChI=1S/C15H19BrO2/c16-10-11-18-14-9-5-4-8-13(14)15(17)12-6-2-1-3-7-12/h1-3,6-7,13-14H,4-5,8-11H2. The van der Waals surface area contributed by atoms with Gasteiger partial charge in [-0.25, -0.2) is 0 Å². The van der Waals surface area contributed by atoms with E-state index in [1.165, 1.54) is 6.42 Å². The van der Waals surface area contributed by atoms with Crippen LogP contribution in [-0.2, 0) is 4.74 Å². The molecule has 18 heavy (non-hydrogen) atoms. The van der Waals surface area contributed by atoms with Gasteiger partial charge in [-0.15, -0.1) is 0 Å². The van der Waals surface area contributed by atoms with Gasteiger partial charge in [0.15, 0.2) is 5.78 Å². The molecule has 1 aliphatic rings. The Hall–Kier alpha value is -0.670. The van der Waals surface area contributed by atoms with E-state index in [-0.39, 0.29) is 17.8 Å². The zero-order chi connectivity index (χ0) is 12.8. The van der Waals surface area contributed by atoms with Gasteiger partial charge < -0.3 is 4.74 Å². The lowest BCUT2D eigenvalue weighted by atomic mass is 9.81. The van der Waals surface area contributed by atoms with Crippen LogP contribution in [-0.4, -0.2) is 23.8 Å². The second-order valence-corrected chi connectivity index (χ2v) is 5.51. The van der Waals surface area contributed by atoms with Crippen molar-refractivity contribution in [2.45, 2.75) is 31.8 Å². The van der Waals surface area contributed by atoms with E-state index >= 15 is 0 Å². The van der Waals surface area contributed by atoms with E-state index in [1.807, 2.05) is 30.3 Å². The van der Waals surface area contributed by atoms with Crippen LogP contribution in [0.25, 0.3) is 0 Å². The van der Waals surface area contributed by atoms with Crippen LogP contribution < -0.4 is 0 Å². The summed E-state index contributed by atoms with van der Waals surface area (Å²) in [6, 6.07) is 9.59. The molecule has 2 atom stereocenters. The summed E-state index contributed by atoms with van der Waals surface area (Å²) in [5.41, 5.74) is 0.817. The molecule has 0 bridgehead atoms. The lowest BCUT2D eigenvalue weighted by Crippen LogP contribution is -2.34. The fraction of sp³-hybridized carbons (Fsp3) is 0.533. The number of ether oxygens (including phenoxy) is 1. The van der Waals surface area contributed by atoms with Crippen molar-refractivity contribution >= 4 is 21.7 Å². The number of halogens is 1. The molecule has 0 saturated heterocycles. The second kappa shape index (κ2) is 7.05. The SMILES string of the molecule is O=C(c1ccccc1)C1CCCCC1OCCBr. The van der Waals surface area contributed by atoms with Gasteiger partial charge in [-0.05, 0) is 12.8 Å². The van der Waals surface area contributed by atoms with Gasteiger partial charge in [-0.1, -0.05) is 59.1 Å². The van der Waals surface area contributed by atoms with Crippen molar-refractivity contribution < 1.29 is 9.53 Å². The number of carbonyl (C=O) groups excluding carboxylic acids is 1. The Balaban J connectivity index is 2.06. The van der Waals surface area contributed by atoms with Crippen LogP contribution in [0.3, 0.4) is 0 Å². The molecule has 1 aromatic rings. The van der Waals surface area contributed by atoms with Crippen molar-refractivity contribution in [3.05, 3.63) is 35.9 Å². The summed E-state index contributed by atoms with van der Waals surface area (Å²) in [4.78, 5) is 12.5. The van der Waals surface area contributed by atoms with E-state index < -0.39 is 0 Å². The zero-order valence-corrected chi connectivity index (χ0v) is 12.1. The zero-order valence-electron chi connectivity index (χ0n) is 10.5. The van der Waals surface area contributed by atoms with Gasteiger partial charge in [0.25, 0.3) is 0 Å². The monoisotopic (exact) mass is 310 g/mol. The molecule has 0 aliphatic heterocycles. The average molecular weight is 311 g/mol. The van der Waals surface area contributed by atoms with Crippen molar-refractivity contribution in [1.82, 2.24) is 0 Å². The van der Waals surface area contributed by atoms with Crippen molar-refractivity contribution in [3.63, 3.8) is 0 Å². The van der Waals surface area contributed by atoms with Gasteiger partial charge in [0.2, 0.25) is 0 Å². The van der Waals surface area contributed by atoms with Gasteiger partial charge in [0, 0.05) is 16.8 Å². The molecule has 2 rings (SSSR count). The van der Waals surface area contributed by atoms with Crippen LogP contribution in [0, 0.1) is 5.92 Å². The maximum atomic E-state index is 12.5. The Bertz CT molecular complexity index is 377. The highest BCUT2D eigenvalue weighted by atomic mass is 79.9. The van der Waals surface area contributed by atoms with E-state index in [4.69, 9.17) is 4.74 Å². The van der Waals surface area contributed by atoms with Gasteiger partial charge >= 0.3 is 0 Å². The minimum Gasteiger partial charge on any atom is -0.377 e. The Morgan fingerprint density at radius 3 is 2.67 bits per heavy atom. The third-order valence-electron chi connectivity index (χ3n) is 3.51. The van der Waals surface area contributed by atoms with Gasteiger partial charge in [-0.2, -0.15) is 0 Å². The van der Waals surface area contributed by atoms with Crippen LogP contribution in [0.2, 0.25) is 0 Å². The highest BCUT2D eigenvalue weighted by Gasteiger charge is 2.31. The van der Waals surface area contributed by atoms with E-state index in [0.717, 1.165) is 30.2 Å². The minimum atomic E-state index is 0.0419. The van der Waals surface area contributed by atoms with Crippen molar-refractivity contribution in [3.8, 4) is 0 Å². The predicted octanol–water partition coefficient (Wildman–Crippen LogP) is 3.84. The second-order valence-electron chi connectivity index (χ2n) is 4.72. The molecule has 0 amide bonds. The van der Waals surface area contributed by atoms with Crippen LogP contribution in [0.15, 0.2) is 30.3 Å². The largest absolute Gasteiger partial charge is 0.377 e. The van der Waals surface area contributed by atoms with Crippen LogP contribution in [0.4, 0.5) is 0 Å². The molecule has 0 aromatic heterocycles. The summed E-state index contributed by atoms with van der Waals surface area (Å²) >= 11 is 3.37. The molecular formula is C15H19BrO2. The highest BCUT2D eigenvalue weighted by Crippen LogP contribution is 2.29. The molecule has 0 heterocycles. The molecule has 1 aromatic carbocycles. The summed E-state index contributed by atoms with van der Waals surface area (Å²) in [6.07, 6.45) is 4.38. The highest BCUT2D eigenvalue weighted by molar-refractivity contribution is 9.09. The average Bonchev–Trinajstić information content (AvgIpc) is 2.45. The van der Waals surface area contributed by atoms with Crippen LogP contribution in [0.1, 0.15) is 36.0 Å². The van der Waals surface area contributed by atoms with Crippen molar-refractivity contribution in [2.75, 3.05) is 11.9 Å². The predicted molar refractivity (Wildman–Crippen MR) is 76.3 cm³/mol. The van der Waals surface area contributed by atoms with E-state index in [2.05, 4.69) is 15.9 Å². The Morgan fingerprint density at radius 2 is 1.94 bits per heavy atom. The summed E-state index contributed by atoms with van der Waals surface area (Å²) in [5.74, 6) is 0.287. The number of ketones is 1. The van der Waals surface area contributed by atoms with Gasteiger partial charge in [0.1, 0.15) is 0 Å². The van der Waals surface area contributed by atoms with E-state index in [0.29, 0.717) is 6.61 Å². The topological polar surface area (TPSA) is 26.3 Å². The van der Waals surface area contributed by atoms with Crippen LogP contribution in [0.5, 0.6) is 0 Å². The number of hydrogen-bond donors (Lipinski definition) is 0. The first-order valence-electron chi connectivity index (χ1n) is 6.59. The minimum absolute atomic E-state index is 0.0419. The quantitative estimate of drug-likeness (QED) is 0.610. The number of alkyl halides is 1. The number of carbonyl (C=O) groups is 1. The molecule has 1 aliphatic carbocycles. The lowest BCUT2D eigenvalue weighted by molar-refractivity contribution is 0.00251. The normalized spacial score (nSPS) is 23.8. The smallest absolute Gasteiger partial charge is 0.168 e. The number of rotatable bonds is 5. The third-order valence-corrected chi connectivity index (χ3v) is 3.83. The summed E-state index contributed by atoms with van der Waals surface area (Å²) in [7, 11) is 0. The molecule has 2 unspecified atom stereocenters. The van der Waals surface area contributed by atoms with Crippen molar-refractivity contribution in [1.29, 1.82) is 0 Å².